The van der Waals surface area contributed by atoms with Crippen molar-refractivity contribution in [3.8, 4) is 0 Å². The molecule has 1 aromatic carbocycles. The Morgan fingerprint density at radius 2 is 2.10 bits per heavy atom. The maximum absolute atomic E-state index is 12.1. The normalized spacial score (nSPS) is 26.4. The van der Waals surface area contributed by atoms with Crippen molar-refractivity contribution >= 4 is 27.7 Å². The zero-order valence-corrected chi connectivity index (χ0v) is 12.9. The molecule has 0 aromatic heterocycles. The van der Waals surface area contributed by atoms with E-state index in [1.807, 2.05) is 12.1 Å². The molecule has 1 aliphatic carbocycles. The first-order valence-electron chi connectivity index (χ1n) is 6.64. The lowest BCUT2D eigenvalue weighted by molar-refractivity contribution is -0.156. The highest BCUT2D eigenvalue weighted by molar-refractivity contribution is 9.10. The summed E-state index contributed by atoms with van der Waals surface area (Å²) in [6.07, 6.45) is 0.659. The molecule has 0 amide bonds. The van der Waals surface area contributed by atoms with E-state index in [1.54, 1.807) is 19.1 Å². The predicted octanol–water partition coefficient (Wildman–Crippen LogP) is 2.57. The number of carbonyl (C=O) groups is 2. The minimum absolute atomic E-state index is 0.0435. The van der Waals surface area contributed by atoms with Gasteiger partial charge in [-0.1, -0.05) is 28.1 Å². The van der Waals surface area contributed by atoms with Crippen molar-refractivity contribution in [2.45, 2.75) is 31.8 Å². The van der Waals surface area contributed by atoms with E-state index in [2.05, 4.69) is 15.9 Å². The van der Waals surface area contributed by atoms with Gasteiger partial charge < -0.3 is 9.84 Å². The fraction of sp³-hybridized carbons (Fsp3) is 0.467. The minimum atomic E-state index is -1.18. The molecule has 0 bridgehead atoms. The number of aliphatic hydroxyl groups is 1. The highest BCUT2D eigenvalue weighted by atomic mass is 79.9. The quantitative estimate of drug-likeness (QED) is 0.678. The smallest absolute Gasteiger partial charge is 0.316 e. The highest BCUT2D eigenvalue weighted by Gasteiger charge is 2.43. The molecule has 0 saturated heterocycles. The Bertz CT molecular complexity index is 511. The van der Waals surface area contributed by atoms with E-state index in [4.69, 9.17) is 4.74 Å². The van der Waals surface area contributed by atoms with Crippen LogP contribution >= 0.6 is 15.9 Å². The van der Waals surface area contributed by atoms with Gasteiger partial charge in [-0.15, -0.1) is 0 Å². The van der Waals surface area contributed by atoms with Crippen LogP contribution in [0.5, 0.6) is 0 Å². The third-order valence-corrected chi connectivity index (χ3v) is 4.18. The molecule has 1 aliphatic rings. The van der Waals surface area contributed by atoms with Crippen molar-refractivity contribution in [3.05, 3.63) is 34.3 Å². The van der Waals surface area contributed by atoms with Crippen LogP contribution in [0.25, 0.3) is 0 Å². The van der Waals surface area contributed by atoms with E-state index in [0.29, 0.717) is 18.4 Å². The number of hydrogen-bond donors (Lipinski definition) is 1. The van der Waals surface area contributed by atoms with Gasteiger partial charge in [0.25, 0.3) is 0 Å². The molecule has 2 atom stereocenters. The summed E-state index contributed by atoms with van der Waals surface area (Å²) in [5.41, 5.74) is -0.475. The molecule has 5 heteroatoms. The van der Waals surface area contributed by atoms with Crippen molar-refractivity contribution in [1.29, 1.82) is 0 Å². The Hall–Kier alpha value is -1.20. The summed E-state index contributed by atoms with van der Waals surface area (Å²) in [5, 5.41) is 10.6. The van der Waals surface area contributed by atoms with Crippen LogP contribution in [-0.4, -0.2) is 23.5 Å². The largest absolute Gasteiger partial charge is 0.465 e. The molecule has 4 nitrogen and oxygen atoms in total. The van der Waals surface area contributed by atoms with Gasteiger partial charge in [0.15, 0.2) is 0 Å². The third kappa shape index (κ3) is 3.10. The zero-order chi connectivity index (χ0) is 14.8. The van der Waals surface area contributed by atoms with Crippen molar-refractivity contribution in [3.63, 3.8) is 0 Å². The summed E-state index contributed by atoms with van der Waals surface area (Å²) < 4.78 is 5.81. The molecule has 20 heavy (non-hydrogen) atoms. The molecule has 0 radical (unpaired) electrons. The van der Waals surface area contributed by atoms with Crippen molar-refractivity contribution in [2.75, 3.05) is 6.61 Å². The second kappa shape index (κ2) is 6.06. The third-order valence-electron chi connectivity index (χ3n) is 3.65. The predicted molar refractivity (Wildman–Crippen MR) is 77.0 cm³/mol. The van der Waals surface area contributed by atoms with Crippen molar-refractivity contribution < 1.29 is 19.4 Å². The van der Waals surface area contributed by atoms with Gasteiger partial charge in [-0.2, -0.15) is 0 Å². The number of ether oxygens (including phenoxy) is 1. The van der Waals surface area contributed by atoms with Crippen LogP contribution in [0.1, 0.15) is 31.7 Å². The molecule has 0 spiro atoms. The number of ketones is 1. The first-order chi connectivity index (χ1) is 9.46. The summed E-state index contributed by atoms with van der Waals surface area (Å²) >= 11 is 3.34. The molecule has 0 heterocycles. The maximum atomic E-state index is 12.1. The topological polar surface area (TPSA) is 63.6 Å². The van der Waals surface area contributed by atoms with E-state index < -0.39 is 17.5 Å². The number of esters is 1. The Balaban J connectivity index is 2.13. The number of carbonyl (C=O) groups excluding carboxylic acids is 2. The molecule has 2 rings (SSSR count). The van der Waals surface area contributed by atoms with E-state index in [0.717, 1.165) is 4.47 Å². The van der Waals surface area contributed by atoms with Gasteiger partial charge in [-0.05, 0) is 37.5 Å². The van der Waals surface area contributed by atoms with Gasteiger partial charge in [0, 0.05) is 10.9 Å². The number of hydrogen-bond acceptors (Lipinski definition) is 4. The molecule has 2 unspecified atom stereocenters. The summed E-state index contributed by atoms with van der Waals surface area (Å²) in [4.78, 5) is 23.8. The molecule has 108 valence electrons. The van der Waals surface area contributed by atoms with Gasteiger partial charge in [-0.25, -0.2) is 0 Å². The van der Waals surface area contributed by atoms with E-state index in [-0.39, 0.29) is 18.8 Å². The molecule has 1 fully saturated rings. The van der Waals surface area contributed by atoms with Gasteiger partial charge in [0.1, 0.15) is 11.7 Å². The average Bonchev–Trinajstić information content (AvgIpc) is 2.39. The van der Waals surface area contributed by atoms with Crippen LogP contribution in [0.3, 0.4) is 0 Å². The molecule has 1 saturated carbocycles. The monoisotopic (exact) mass is 340 g/mol. The SMILES string of the molecule is CCOC(=O)C1CCC(O)(c2ccc(Br)cc2)CC1=O. The molecule has 1 aromatic rings. The fourth-order valence-electron chi connectivity index (χ4n) is 2.54. The van der Waals surface area contributed by atoms with Crippen LogP contribution in [0, 0.1) is 5.92 Å². The standard InChI is InChI=1S/C15H17BrO4/c1-2-20-14(18)12-7-8-15(19,9-13(12)17)10-3-5-11(16)6-4-10/h3-6,12,19H,2,7-9H2,1H3. The lowest BCUT2D eigenvalue weighted by Gasteiger charge is -2.34. The van der Waals surface area contributed by atoms with Crippen molar-refractivity contribution in [2.24, 2.45) is 5.92 Å². The van der Waals surface area contributed by atoms with Gasteiger partial charge >= 0.3 is 5.97 Å². The molecular weight excluding hydrogens is 324 g/mol. The highest BCUT2D eigenvalue weighted by Crippen LogP contribution is 2.38. The Kier molecular flexibility index (Phi) is 4.60. The number of halogens is 1. The van der Waals surface area contributed by atoms with Crippen LogP contribution in [0.15, 0.2) is 28.7 Å². The first kappa shape index (κ1) is 15.2. The van der Waals surface area contributed by atoms with Gasteiger partial charge in [0.2, 0.25) is 0 Å². The number of benzene rings is 1. The number of Topliss-reactive ketones (excluding diaryl/α,β-unsaturated/α-hetero) is 1. The summed E-state index contributed by atoms with van der Waals surface area (Å²) in [5.74, 6) is -1.46. The Labute approximate surface area is 126 Å². The van der Waals surface area contributed by atoms with Crippen LogP contribution in [0.2, 0.25) is 0 Å². The second-order valence-electron chi connectivity index (χ2n) is 5.02. The molecule has 1 N–H and O–H groups in total. The second-order valence-corrected chi connectivity index (χ2v) is 5.94. The minimum Gasteiger partial charge on any atom is -0.465 e. The summed E-state index contributed by atoms with van der Waals surface area (Å²) in [7, 11) is 0. The molecule has 0 aliphatic heterocycles. The number of rotatable bonds is 3. The van der Waals surface area contributed by atoms with Crippen LogP contribution in [-0.2, 0) is 19.9 Å². The molecular formula is C15H17BrO4. The summed E-state index contributed by atoms with van der Waals surface area (Å²) in [6.45, 7) is 1.98. The van der Waals surface area contributed by atoms with Gasteiger partial charge in [-0.3, -0.25) is 9.59 Å². The Morgan fingerprint density at radius 3 is 2.65 bits per heavy atom. The summed E-state index contributed by atoms with van der Waals surface area (Å²) in [6, 6.07) is 7.24. The first-order valence-corrected chi connectivity index (χ1v) is 7.43. The maximum Gasteiger partial charge on any atom is 0.316 e. The lowest BCUT2D eigenvalue weighted by atomic mass is 9.74. The van der Waals surface area contributed by atoms with Gasteiger partial charge in [0.05, 0.1) is 12.2 Å². The zero-order valence-electron chi connectivity index (χ0n) is 11.3. The van der Waals surface area contributed by atoms with E-state index >= 15 is 0 Å². The van der Waals surface area contributed by atoms with Crippen LogP contribution < -0.4 is 0 Å². The van der Waals surface area contributed by atoms with Crippen molar-refractivity contribution in [1.82, 2.24) is 0 Å². The van der Waals surface area contributed by atoms with E-state index in [9.17, 15) is 14.7 Å². The fourth-order valence-corrected chi connectivity index (χ4v) is 2.81. The van der Waals surface area contributed by atoms with Crippen LogP contribution in [0.4, 0.5) is 0 Å². The van der Waals surface area contributed by atoms with E-state index in [1.165, 1.54) is 0 Å². The average molecular weight is 341 g/mol. The Morgan fingerprint density at radius 1 is 1.45 bits per heavy atom. The lowest BCUT2D eigenvalue weighted by Crippen LogP contribution is -2.40.